The Hall–Kier alpha value is -3.98. The van der Waals surface area contributed by atoms with Gasteiger partial charge in [0.2, 0.25) is 0 Å². The highest BCUT2D eigenvalue weighted by Crippen LogP contribution is 2.21. The fourth-order valence-corrected chi connectivity index (χ4v) is 2.84. The van der Waals surface area contributed by atoms with E-state index in [1.807, 2.05) is 0 Å². The summed E-state index contributed by atoms with van der Waals surface area (Å²) < 4.78 is 18.8. The van der Waals surface area contributed by atoms with Gasteiger partial charge in [-0.2, -0.15) is 0 Å². The third-order valence-corrected chi connectivity index (χ3v) is 4.59. The second-order valence-electron chi connectivity index (χ2n) is 6.66. The van der Waals surface area contributed by atoms with Gasteiger partial charge in [0, 0.05) is 29.1 Å². The number of carbonyl (C=O) groups excluding carboxylic acids is 2. The zero-order valence-electron chi connectivity index (χ0n) is 16.7. The summed E-state index contributed by atoms with van der Waals surface area (Å²) in [6.45, 7) is 1.52. The van der Waals surface area contributed by atoms with Crippen molar-refractivity contribution in [1.29, 1.82) is 0 Å². The van der Waals surface area contributed by atoms with E-state index in [2.05, 4.69) is 10.6 Å². The van der Waals surface area contributed by atoms with E-state index in [1.54, 1.807) is 18.2 Å². The number of nitrogens with zero attached hydrogens (tertiary/aromatic N) is 1. The number of hydrogen-bond donors (Lipinski definition) is 2. The molecule has 0 saturated carbocycles. The van der Waals surface area contributed by atoms with Gasteiger partial charge in [-0.3, -0.25) is 19.7 Å². The Bertz CT molecular complexity index is 1170. The van der Waals surface area contributed by atoms with E-state index in [4.69, 9.17) is 16.3 Å². The van der Waals surface area contributed by atoms with E-state index in [-0.39, 0.29) is 16.3 Å². The minimum Gasteiger partial charge on any atom is -0.481 e. The molecular formula is C22H17ClFN3O5. The number of hydrogen-bond acceptors (Lipinski definition) is 5. The maximum atomic E-state index is 13.3. The molecule has 0 aromatic heterocycles. The lowest BCUT2D eigenvalue weighted by Gasteiger charge is -2.15. The summed E-state index contributed by atoms with van der Waals surface area (Å²) in [5.41, 5.74) is 0.847. The summed E-state index contributed by atoms with van der Waals surface area (Å²) in [5.74, 6) is -1.26. The quantitative estimate of drug-likeness (QED) is 0.381. The largest absolute Gasteiger partial charge is 0.481 e. The molecule has 0 aliphatic rings. The van der Waals surface area contributed by atoms with E-state index >= 15 is 0 Å². The van der Waals surface area contributed by atoms with Crippen LogP contribution in [0.3, 0.4) is 0 Å². The topological polar surface area (TPSA) is 111 Å². The van der Waals surface area contributed by atoms with Gasteiger partial charge in [0.1, 0.15) is 11.6 Å². The van der Waals surface area contributed by atoms with Gasteiger partial charge in [-0.05, 0) is 55.5 Å². The molecule has 0 radical (unpaired) electrons. The molecule has 10 heteroatoms. The van der Waals surface area contributed by atoms with Crippen LogP contribution in [-0.2, 0) is 4.79 Å². The number of nitro groups is 1. The van der Waals surface area contributed by atoms with E-state index in [1.165, 1.54) is 49.4 Å². The molecule has 0 bridgehead atoms. The van der Waals surface area contributed by atoms with Crippen LogP contribution in [0.5, 0.6) is 5.75 Å². The minimum atomic E-state index is -0.907. The molecule has 0 saturated heterocycles. The number of carbonyl (C=O) groups is 2. The number of nitrogens with one attached hydrogen (secondary N) is 2. The number of amides is 2. The molecular weight excluding hydrogens is 441 g/mol. The minimum absolute atomic E-state index is 0.0903. The van der Waals surface area contributed by atoms with Gasteiger partial charge in [0.05, 0.1) is 9.95 Å². The maximum absolute atomic E-state index is 13.3. The lowest BCUT2D eigenvalue weighted by Crippen LogP contribution is -2.30. The Morgan fingerprint density at radius 2 is 1.72 bits per heavy atom. The Kier molecular flexibility index (Phi) is 7.01. The van der Waals surface area contributed by atoms with E-state index in [0.717, 1.165) is 6.07 Å². The van der Waals surface area contributed by atoms with Crippen LogP contribution in [0.15, 0.2) is 66.7 Å². The normalized spacial score (nSPS) is 11.3. The first kappa shape index (κ1) is 22.7. The molecule has 3 aromatic carbocycles. The third kappa shape index (κ3) is 5.79. The predicted molar refractivity (Wildman–Crippen MR) is 118 cm³/mol. The number of benzene rings is 3. The standard InChI is InChI=1S/C22H17ClFN3O5/c1-13(32-18-8-6-17(7-9-18)27(30)31)21(28)25-15-4-2-3-14(11-15)22(29)26-16-5-10-20(24)19(23)12-16/h2-13H,1H3,(H,25,28)(H,26,29). The summed E-state index contributed by atoms with van der Waals surface area (Å²) in [4.78, 5) is 35.1. The number of rotatable bonds is 7. The Labute approximate surface area is 187 Å². The first-order chi connectivity index (χ1) is 15.2. The molecule has 0 heterocycles. The zero-order valence-corrected chi connectivity index (χ0v) is 17.4. The van der Waals surface area contributed by atoms with Crippen LogP contribution >= 0.6 is 11.6 Å². The fraction of sp³-hybridized carbons (Fsp3) is 0.0909. The third-order valence-electron chi connectivity index (χ3n) is 4.30. The summed E-state index contributed by atoms with van der Waals surface area (Å²) in [5, 5.41) is 15.8. The highest BCUT2D eigenvalue weighted by Gasteiger charge is 2.17. The van der Waals surface area contributed by atoms with Gasteiger partial charge in [0.25, 0.3) is 17.5 Å². The van der Waals surface area contributed by atoms with Crippen LogP contribution < -0.4 is 15.4 Å². The summed E-state index contributed by atoms with van der Waals surface area (Å²) in [6.07, 6.45) is -0.907. The molecule has 0 spiro atoms. The van der Waals surface area contributed by atoms with Gasteiger partial charge < -0.3 is 15.4 Å². The maximum Gasteiger partial charge on any atom is 0.269 e. The van der Waals surface area contributed by atoms with Gasteiger partial charge >= 0.3 is 0 Å². The van der Waals surface area contributed by atoms with Crippen molar-refractivity contribution in [3.63, 3.8) is 0 Å². The van der Waals surface area contributed by atoms with Crippen LogP contribution in [0.2, 0.25) is 5.02 Å². The monoisotopic (exact) mass is 457 g/mol. The van der Waals surface area contributed by atoms with Gasteiger partial charge in [-0.15, -0.1) is 0 Å². The predicted octanol–water partition coefficient (Wildman–Crippen LogP) is 5.05. The van der Waals surface area contributed by atoms with Crippen LogP contribution in [0.25, 0.3) is 0 Å². The molecule has 164 valence electrons. The molecule has 3 aromatic rings. The highest BCUT2D eigenvalue weighted by molar-refractivity contribution is 6.31. The second kappa shape index (κ2) is 9.88. The smallest absolute Gasteiger partial charge is 0.269 e. The molecule has 1 atom stereocenters. The van der Waals surface area contributed by atoms with Gasteiger partial charge in [0.15, 0.2) is 6.10 Å². The molecule has 0 aliphatic carbocycles. The van der Waals surface area contributed by atoms with Crippen LogP contribution in [-0.4, -0.2) is 22.8 Å². The van der Waals surface area contributed by atoms with Crippen molar-refractivity contribution < 1.29 is 23.6 Å². The Morgan fingerprint density at radius 3 is 2.38 bits per heavy atom. The van der Waals surface area contributed by atoms with Crippen molar-refractivity contribution in [2.75, 3.05) is 10.6 Å². The van der Waals surface area contributed by atoms with Crippen molar-refractivity contribution >= 4 is 40.5 Å². The van der Waals surface area contributed by atoms with Gasteiger partial charge in [-0.1, -0.05) is 17.7 Å². The number of halogens is 2. The van der Waals surface area contributed by atoms with Crippen molar-refractivity contribution in [1.82, 2.24) is 0 Å². The Balaban J connectivity index is 1.62. The number of nitro benzene ring substituents is 1. The van der Waals surface area contributed by atoms with Crippen molar-refractivity contribution in [2.45, 2.75) is 13.0 Å². The van der Waals surface area contributed by atoms with Crippen LogP contribution in [0, 0.1) is 15.9 Å². The average Bonchev–Trinajstić information content (AvgIpc) is 2.76. The lowest BCUT2D eigenvalue weighted by atomic mass is 10.1. The van der Waals surface area contributed by atoms with E-state index < -0.39 is 28.7 Å². The van der Waals surface area contributed by atoms with Crippen molar-refractivity contribution in [3.05, 3.63) is 93.2 Å². The molecule has 0 fully saturated rings. The van der Waals surface area contributed by atoms with Crippen molar-refractivity contribution in [2.24, 2.45) is 0 Å². The summed E-state index contributed by atoms with van der Waals surface area (Å²) in [6, 6.07) is 15.4. The average molecular weight is 458 g/mol. The highest BCUT2D eigenvalue weighted by atomic mass is 35.5. The number of anilines is 2. The molecule has 2 N–H and O–H groups in total. The summed E-state index contributed by atoms with van der Waals surface area (Å²) >= 11 is 5.72. The Morgan fingerprint density at radius 1 is 1.03 bits per heavy atom. The van der Waals surface area contributed by atoms with Crippen molar-refractivity contribution in [3.8, 4) is 5.75 Å². The molecule has 8 nitrogen and oxygen atoms in total. The number of ether oxygens (including phenoxy) is 1. The molecule has 0 aliphatic heterocycles. The van der Waals surface area contributed by atoms with Crippen LogP contribution in [0.1, 0.15) is 17.3 Å². The second-order valence-corrected chi connectivity index (χ2v) is 7.07. The zero-order chi connectivity index (χ0) is 23.3. The molecule has 3 rings (SSSR count). The molecule has 1 unspecified atom stereocenters. The van der Waals surface area contributed by atoms with E-state index in [0.29, 0.717) is 17.1 Å². The first-order valence-corrected chi connectivity index (χ1v) is 9.69. The number of non-ortho nitro benzene ring substituents is 1. The SMILES string of the molecule is CC(Oc1ccc([N+](=O)[O-])cc1)C(=O)Nc1cccc(C(=O)Nc2ccc(F)c(Cl)c2)c1. The molecule has 32 heavy (non-hydrogen) atoms. The summed E-state index contributed by atoms with van der Waals surface area (Å²) in [7, 11) is 0. The van der Waals surface area contributed by atoms with Crippen LogP contribution in [0.4, 0.5) is 21.5 Å². The first-order valence-electron chi connectivity index (χ1n) is 9.31. The molecule has 2 amide bonds. The van der Waals surface area contributed by atoms with E-state index in [9.17, 15) is 24.1 Å². The fourth-order valence-electron chi connectivity index (χ4n) is 2.66. The van der Waals surface area contributed by atoms with Gasteiger partial charge in [-0.25, -0.2) is 4.39 Å². The lowest BCUT2D eigenvalue weighted by molar-refractivity contribution is -0.384.